The second-order valence-corrected chi connectivity index (χ2v) is 7.37. The van der Waals surface area contributed by atoms with Gasteiger partial charge in [-0.15, -0.1) is 0 Å². The van der Waals surface area contributed by atoms with E-state index in [0.717, 1.165) is 25.2 Å². The van der Waals surface area contributed by atoms with Crippen molar-refractivity contribution in [2.45, 2.75) is 39.5 Å². The van der Waals surface area contributed by atoms with Crippen LogP contribution in [0.5, 0.6) is 0 Å². The van der Waals surface area contributed by atoms with Gasteiger partial charge in [0.25, 0.3) is 0 Å². The number of rotatable bonds is 8. The zero-order valence-electron chi connectivity index (χ0n) is 10.1. The highest BCUT2D eigenvalue weighted by atomic mass is 31.2. The van der Waals surface area contributed by atoms with Crippen LogP contribution in [0, 0.1) is 0 Å². The lowest BCUT2D eigenvalue weighted by atomic mass is 10.3. The fraction of sp³-hybridized carbons (Fsp3) is 0.909. The molecule has 0 aliphatic heterocycles. The molecular formula is C11H23O3P. The van der Waals surface area contributed by atoms with E-state index >= 15 is 0 Å². The van der Waals surface area contributed by atoms with Gasteiger partial charge >= 0.3 is 5.97 Å². The van der Waals surface area contributed by atoms with E-state index in [2.05, 4.69) is 18.6 Å². The molecule has 0 aromatic rings. The van der Waals surface area contributed by atoms with E-state index in [-0.39, 0.29) is 5.97 Å². The van der Waals surface area contributed by atoms with Crippen LogP contribution < -0.4 is 0 Å². The maximum absolute atomic E-state index is 12.3. The molecule has 0 aromatic heterocycles. The maximum atomic E-state index is 12.3. The lowest BCUT2D eigenvalue weighted by molar-refractivity contribution is -0.140. The molecule has 0 spiro atoms. The van der Waals surface area contributed by atoms with Crippen LogP contribution in [0.4, 0.5) is 0 Å². The van der Waals surface area contributed by atoms with Gasteiger partial charge in [-0.3, -0.25) is 4.79 Å². The number of carbonyl (C=O) groups is 1. The Bertz CT molecular complexity index is 216. The minimum atomic E-state index is -1.99. The molecule has 3 nitrogen and oxygen atoms in total. The lowest BCUT2D eigenvalue weighted by Gasteiger charge is -2.16. The highest BCUT2D eigenvalue weighted by molar-refractivity contribution is 7.63. The molecule has 0 aliphatic carbocycles. The van der Waals surface area contributed by atoms with Gasteiger partial charge in [-0.05, 0) is 19.3 Å². The van der Waals surface area contributed by atoms with Crippen LogP contribution in [-0.4, -0.2) is 31.6 Å². The Kier molecular flexibility index (Phi) is 7.76. The van der Waals surface area contributed by atoms with Crippen molar-refractivity contribution >= 4 is 13.1 Å². The summed E-state index contributed by atoms with van der Waals surface area (Å²) in [7, 11) is -0.605. The molecule has 90 valence electrons. The molecular weight excluding hydrogens is 211 g/mol. The monoisotopic (exact) mass is 234 g/mol. The van der Waals surface area contributed by atoms with Gasteiger partial charge in [0.2, 0.25) is 0 Å². The Morgan fingerprint density at radius 1 is 1.13 bits per heavy atom. The Morgan fingerprint density at radius 3 is 2.07 bits per heavy atom. The van der Waals surface area contributed by atoms with Crippen molar-refractivity contribution in [3.8, 4) is 0 Å². The molecule has 0 aromatic carbocycles. The normalized spacial score (nSPS) is 11.4. The van der Waals surface area contributed by atoms with E-state index in [1.54, 1.807) is 0 Å². The van der Waals surface area contributed by atoms with Crippen LogP contribution in [0.3, 0.4) is 0 Å². The second kappa shape index (κ2) is 7.92. The van der Waals surface area contributed by atoms with Crippen molar-refractivity contribution in [3.63, 3.8) is 0 Å². The standard InChI is InChI=1S/C11H23O3P/c1-4-8-15(13,9-5-2)10-6-7-11(12)14-3/h4-10H2,1-3H3. The Morgan fingerprint density at radius 2 is 1.67 bits per heavy atom. The van der Waals surface area contributed by atoms with Crippen molar-refractivity contribution in [3.05, 3.63) is 0 Å². The van der Waals surface area contributed by atoms with E-state index in [1.807, 2.05) is 0 Å². The third kappa shape index (κ3) is 6.72. The summed E-state index contributed by atoms with van der Waals surface area (Å²) in [6, 6.07) is 0. The van der Waals surface area contributed by atoms with E-state index in [4.69, 9.17) is 0 Å². The minimum Gasteiger partial charge on any atom is -0.469 e. The summed E-state index contributed by atoms with van der Waals surface area (Å²) < 4.78 is 16.9. The third-order valence-electron chi connectivity index (χ3n) is 2.44. The molecule has 0 rings (SSSR count). The summed E-state index contributed by atoms with van der Waals surface area (Å²) in [6.45, 7) is 4.12. The van der Waals surface area contributed by atoms with Crippen LogP contribution in [0.15, 0.2) is 0 Å². The molecule has 0 N–H and O–H groups in total. The molecule has 0 unspecified atom stereocenters. The van der Waals surface area contributed by atoms with Gasteiger partial charge in [-0.25, -0.2) is 0 Å². The van der Waals surface area contributed by atoms with Crippen molar-refractivity contribution < 1.29 is 14.1 Å². The van der Waals surface area contributed by atoms with Crippen LogP contribution in [0.2, 0.25) is 0 Å². The van der Waals surface area contributed by atoms with Crippen LogP contribution >= 0.6 is 7.14 Å². The van der Waals surface area contributed by atoms with E-state index in [1.165, 1.54) is 7.11 Å². The van der Waals surface area contributed by atoms with Crippen molar-refractivity contribution in [2.24, 2.45) is 0 Å². The zero-order chi connectivity index (χ0) is 11.7. The number of ether oxygens (including phenoxy) is 1. The molecule has 0 radical (unpaired) electrons. The van der Waals surface area contributed by atoms with Crippen LogP contribution in [0.25, 0.3) is 0 Å². The van der Waals surface area contributed by atoms with Gasteiger partial charge in [0, 0.05) is 24.9 Å². The Hall–Kier alpha value is -0.300. The summed E-state index contributed by atoms with van der Waals surface area (Å²) in [5.74, 6) is -0.199. The SMILES string of the molecule is CCCP(=O)(CCC)CCCC(=O)OC. The van der Waals surface area contributed by atoms with E-state index < -0.39 is 7.14 Å². The van der Waals surface area contributed by atoms with Crippen molar-refractivity contribution in [1.29, 1.82) is 0 Å². The fourth-order valence-corrected chi connectivity index (χ4v) is 4.80. The first-order valence-corrected chi connectivity index (χ1v) is 7.98. The quantitative estimate of drug-likeness (QED) is 0.478. The average Bonchev–Trinajstić information content (AvgIpc) is 2.18. The number of hydrogen-bond donors (Lipinski definition) is 0. The van der Waals surface area contributed by atoms with Gasteiger partial charge in [0.05, 0.1) is 14.3 Å². The summed E-state index contributed by atoms with van der Waals surface area (Å²) in [4.78, 5) is 10.9. The maximum Gasteiger partial charge on any atom is 0.305 e. The second-order valence-electron chi connectivity index (χ2n) is 3.91. The molecule has 4 heteroatoms. The largest absolute Gasteiger partial charge is 0.469 e. The number of hydrogen-bond acceptors (Lipinski definition) is 3. The molecule has 0 heterocycles. The molecule has 0 atom stereocenters. The molecule has 0 fully saturated rings. The number of esters is 1. The van der Waals surface area contributed by atoms with Gasteiger partial charge < -0.3 is 9.30 Å². The van der Waals surface area contributed by atoms with Crippen molar-refractivity contribution in [1.82, 2.24) is 0 Å². The number of carbonyl (C=O) groups excluding carboxylic acids is 1. The first-order chi connectivity index (χ1) is 7.08. The zero-order valence-corrected chi connectivity index (χ0v) is 11.0. The first kappa shape index (κ1) is 14.7. The van der Waals surface area contributed by atoms with Crippen LogP contribution in [-0.2, 0) is 14.1 Å². The highest BCUT2D eigenvalue weighted by Gasteiger charge is 2.19. The summed E-state index contributed by atoms with van der Waals surface area (Å²) in [6.07, 6.45) is 5.37. The first-order valence-electron chi connectivity index (χ1n) is 5.72. The lowest BCUT2D eigenvalue weighted by Crippen LogP contribution is -2.04. The molecule has 0 amide bonds. The average molecular weight is 234 g/mol. The summed E-state index contributed by atoms with van der Waals surface area (Å²) in [5.41, 5.74) is 0. The summed E-state index contributed by atoms with van der Waals surface area (Å²) >= 11 is 0. The van der Waals surface area contributed by atoms with Crippen molar-refractivity contribution in [2.75, 3.05) is 25.6 Å². The molecule has 0 saturated heterocycles. The van der Waals surface area contributed by atoms with Gasteiger partial charge in [-0.1, -0.05) is 13.8 Å². The molecule has 0 saturated carbocycles. The minimum absolute atomic E-state index is 0.199. The predicted molar refractivity (Wildman–Crippen MR) is 64.0 cm³/mol. The van der Waals surface area contributed by atoms with Crippen LogP contribution in [0.1, 0.15) is 39.5 Å². The number of methoxy groups -OCH3 is 1. The predicted octanol–water partition coefficient (Wildman–Crippen LogP) is 3.12. The van der Waals surface area contributed by atoms with Gasteiger partial charge in [0.1, 0.15) is 0 Å². The third-order valence-corrected chi connectivity index (χ3v) is 6.09. The smallest absolute Gasteiger partial charge is 0.305 e. The topological polar surface area (TPSA) is 43.4 Å². The Labute approximate surface area is 93.0 Å². The highest BCUT2D eigenvalue weighted by Crippen LogP contribution is 2.47. The van der Waals surface area contributed by atoms with E-state index in [9.17, 15) is 9.36 Å². The van der Waals surface area contributed by atoms with Gasteiger partial charge in [-0.2, -0.15) is 0 Å². The summed E-state index contributed by atoms with van der Waals surface area (Å²) in [5, 5.41) is 0. The fourth-order valence-electron chi connectivity index (χ4n) is 1.76. The van der Waals surface area contributed by atoms with E-state index in [0.29, 0.717) is 19.0 Å². The molecule has 15 heavy (non-hydrogen) atoms. The Balaban J connectivity index is 3.96. The molecule has 0 aliphatic rings. The van der Waals surface area contributed by atoms with Gasteiger partial charge in [0.15, 0.2) is 0 Å². The molecule has 0 bridgehead atoms.